The molecule has 0 aliphatic heterocycles. The maximum atomic E-state index is 12.4. The molecule has 0 heterocycles. The molecule has 0 aromatic rings. The quantitative estimate of drug-likeness (QED) is 0.305. The summed E-state index contributed by atoms with van der Waals surface area (Å²) in [7, 11) is 0. The molecule has 0 amide bonds. The van der Waals surface area contributed by atoms with Crippen LogP contribution >= 0.6 is 0 Å². The molecule has 14 atom stereocenters. The molecule has 8 aliphatic carbocycles. The van der Waals surface area contributed by atoms with Crippen molar-refractivity contribution in [3.63, 3.8) is 0 Å². The van der Waals surface area contributed by atoms with Crippen LogP contribution in [0.25, 0.3) is 0 Å². The molecule has 4 heteroatoms. The Labute approximate surface area is 255 Å². The van der Waals surface area contributed by atoms with Gasteiger partial charge in [0, 0.05) is 23.7 Å². The molecule has 0 saturated heterocycles. The third-order valence-electron chi connectivity index (χ3n) is 16.7. The summed E-state index contributed by atoms with van der Waals surface area (Å²) in [4.78, 5) is 24.8. The van der Waals surface area contributed by atoms with Crippen molar-refractivity contribution in [3.8, 4) is 0 Å². The summed E-state index contributed by atoms with van der Waals surface area (Å²) in [6.07, 6.45) is 20.3. The van der Waals surface area contributed by atoms with Crippen LogP contribution in [0.5, 0.6) is 0 Å². The maximum Gasteiger partial charge on any atom is 0.139 e. The van der Waals surface area contributed by atoms with Crippen LogP contribution in [0.15, 0.2) is 0 Å². The van der Waals surface area contributed by atoms with Gasteiger partial charge in [0.05, 0.1) is 12.2 Å². The van der Waals surface area contributed by atoms with Crippen LogP contribution in [0, 0.1) is 69.0 Å². The predicted octanol–water partition coefficient (Wildman–Crippen LogP) is 7.92. The third-order valence-corrected chi connectivity index (χ3v) is 16.7. The van der Waals surface area contributed by atoms with Gasteiger partial charge in [-0.2, -0.15) is 0 Å². The van der Waals surface area contributed by atoms with Gasteiger partial charge in [-0.15, -0.1) is 0 Å². The van der Waals surface area contributed by atoms with E-state index >= 15 is 0 Å². The Balaban J connectivity index is 0.000000137. The van der Waals surface area contributed by atoms with E-state index in [1.54, 1.807) is 0 Å². The lowest BCUT2D eigenvalue weighted by Gasteiger charge is -2.60. The van der Waals surface area contributed by atoms with Crippen LogP contribution in [0.1, 0.15) is 143 Å². The maximum absolute atomic E-state index is 12.4. The van der Waals surface area contributed by atoms with Crippen LogP contribution in [0.4, 0.5) is 0 Å². The van der Waals surface area contributed by atoms with Gasteiger partial charge in [-0.05, 0) is 161 Å². The summed E-state index contributed by atoms with van der Waals surface area (Å²) >= 11 is 0. The van der Waals surface area contributed by atoms with Gasteiger partial charge < -0.3 is 10.2 Å². The first-order chi connectivity index (χ1) is 19.9. The summed E-state index contributed by atoms with van der Waals surface area (Å²) < 4.78 is 0. The Hall–Kier alpha value is -0.740. The highest BCUT2D eigenvalue weighted by Crippen LogP contribution is 2.67. The SMILES string of the molecule is C[C@@]12CC[C@H](O)C[C@@H]1CC[C@H]1[C@H]2CC[C@@]2(C)C(=O)CC[C@H]12.C[C@@]12CC[C@H](O)C[C@H]1CC[C@H]1[C@H]2CC[C@@]2(C)C(=O)CC[C@H]12. The zero-order valence-electron chi connectivity index (χ0n) is 27.2. The highest BCUT2D eigenvalue weighted by Gasteiger charge is 2.61. The normalized spacial score (nSPS) is 56.5. The topological polar surface area (TPSA) is 74.6 Å². The van der Waals surface area contributed by atoms with Crippen molar-refractivity contribution in [1.29, 1.82) is 0 Å². The van der Waals surface area contributed by atoms with Gasteiger partial charge in [-0.1, -0.05) is 27.7 Å². The van der Waals surface area contributed by atoms with Gasteiger partial charge in [0.25, 0.3) is 0 Å². The first-order valence-corrected chi connectivity index (χ1v) is 18.3. The van der Waals surface area contributed by atoms with Gasteiger partial charge in [-0.25, -0.2) is 0 Å². The lowest BCUT2D eigenvalue weighted by atomic mass is 9.45. The van der Waals surface area contributed by atoms with Crippen molar-refractivity contribution < 1.29 is 19.8 Å². The number of hydrogen-bond donors (Lipinski definition) is 2. The summed E-state index contributed by atoms with van der Waals surface area (Å²) in [6, 6.07) is 0. The van der Waals surface area contributed by atoms with Gasteiger partial charge in [-0.3, -0.25) is 9.59 Å². The predicted molar refractivity (Wildman–Crippen MR) is 165 cm³/mol. The van der Waals surface area contributed by atoms with E-state index in [9.17, 15) is 19.8 Å². The first-order valence-electron chi connectivity index (χ1n) is 18.3. The minimum absolute atomic E-state index is 0.0124. The van der Waals surface area contributed by atoms with E-state index in [0.29, 0.717) is 34.2 Å². The molecule has 0 unspecified atom stereocenters. The number of carbonyl (C=O) groups is 2. The number of carbonyl (C=O) groups excluding carboxylic acids is 2. The lowest BCUT2D eigenvalue weighted by Crippen LogP contribution is -2.54. The molecular formula is C38H60O4. The second-order valence-electron chi connectivity index (χ2n) is 18.0. The van der Waals surface area contributed by atoms with E-state index in [0.717, 1.165) is 99.7 Å². The molecule has 8 saturated carbocycles. The fourth-order valence-electron chi connectivity index (χ4n) is 14.0. The zero-order chi connectivity index (χ0) is 29.7. The summed E-state index contributed by atoms with van der Waals surface area (Å²) in [5, 5.41) is 20.1. The third kappa shape index (κ3) is 4.33. The van der Waals surface area contributed by atoms with Gasteiger partial charge in [0.2, 0.25) is 0 Å². The molecule has 4 nitrogen and oxygen atoms in total. The van der Waals surface area contributed by atoms with E-state index in [1.165, 1.54) is 51.4 Å². The van der Waals surface area contributed by atoms with Crippen LogP contribution in [0.2, 0.25) is 0 Å². The van der Waals surface area contributed by atoms with Crippen LogP contribution in [-0.4, -0.2) is 34.0 Å². The Kier molecular flexibility index (Phi) is 7.41. The van der Waals surface area contributed by atoms with E-state index in [-0.39, 0.29) is 23.0 Å². The van der Waals surface area contributed by atoms with Crippen molar-refractivity contribution in [3.05, 3.63) is 0 Å². The number of ketones is 2. The number of hydrogen-bond acceptors (Lipinski definition) is 4. The Morgan fingerprint density at radius 2 is 0.905 bits per heavy atom. The largest absolute Gasteiger partial charge is 0.393 e. The fraction of sp³-hybridized carbons (Fsp3) is 0.947. The smallest absolute Gasteiger partial charge is 0.139 e. The average Bonchev–Trinajstić information content (AvgIpc) is 3.44. The molecular weight excluding hydrogens is 520 g/mol. The lowest BCUT2D eigenvalue weighted by molar-refractivity contribution is -0.142. The Morgan fingerprint density at radius 3 is 1.31 bits per heavy atom. The summed E-state index contributed by atoms with van der Waals surface area (Å²) in [5.74, 6) is 7.07. The van der Waals surface area contributed by atoms with Crippen molar-refractivity contribution in [2.24, 2.45) is 69.0 Å². The molecule has 236 valence electrons. The molecule has 0 spiro atoms. The molecule has 2 N–H and O–H groups in total. The molecule has 0 aromatic heterocycles. The summed E-state index contributed by atoms with van der Waals surface area (Å²) in [5.41, 5.74) is 0.904. The molecule has 8 rings (SSSR count). The second kappa shape index (κ2) is 10.4. The van der Waals surface area contributed by atoms with Crippen molar-refractivity contribution in [2.45, 2.75) is 155 Å². The number of Topliss-reactive ketones (excluding diaryl/α,β-unsaturated/α-hetero) is 2. The van der Waals surface area contributed by atoms with Crippen LogP contribution in [-0.2, 0) is 9.59 Å². The number of aliphatic hydroxyl groups is 2. The molecule has 8 aliphatic rings. The first kappa shape index (κ1) is 29.9. The van der Waals surface area contributed by atoms with E-state index in [4.69, 9.17) is 0 Å². The molecule has 0 bridgehead atoms. The van der Waals surface area contributed by atoms with Crippen LogP contribution in [0.3, 0.4) is 0 Å². The fourth-order valence-corrected chi connectivity index (χ4v) is 14.0. The molecule has 0 aromatic carbocycles. The van der Waals surface area contributed by atoms with Crippen LogP contribution < -0.4 is 0 Å². The number of fused-ring (bicyclic) bond motifs is 10. The van der Waals surface area contributed by atoms with Gasteiger partial charge >= 0.3 is 0 Å². The van der Waals surface area contributed by atoms with Gasteiger partial charge in [0.15, 0.2) is 0 Å². The number of aliphatic hydroxyl groups excluding tert-OH is 2. The summed E-state index contributed by atoms with van der Waals surface area (Å²) in [6.45, 7) is 9.56. The van der Waals surface area contributed by atoms with E-state index in [1.807, 2.05) is 0 Å². The zero-order valence-corrected chi connectivity index (χ0v) is 27.2. The number of rotatable bonds is 0. The Bertz CT molecular complexity index is 1000. The molecule has 42 heavy (non-hydrogen) atoms. The van der Waals surface area contributed by atoms with E-state index < -0.39 is 0 Å². The van der Waals surface area contributed by atoms with Crippen molar-refractivity contribution in [2.75, 3.05) is 0 Å². The highest BCUT2D eigenvalue weighted by atomic mass is 16.3. The van der Waals surface area contributed by atoms with Gasteiger partial charge in [0.1, 0.15) is 11.6 Å². The second-order valence-corrected chi connectivity index (χ2v) is 18.0. The molecule has 8 fully saturated rings. The average molecular weight is 581 g/mol. The minimum atomic E-state index is -0.0541. The molecule has 0 radical (unpaired) electrons. The standard InChI is InChI=1S/2C19H30O2/c2*1-18-9-7-13(20)11-12(18)3-4-14-15-5-6-17(21)19(15,2)10-8-16(14)18/h2*12-16,20H,3-11H2,1-2H3/t12-,13+,14-,15-,16-,18-,19-;12-,13-,14+,15+,16+,18+,19+/m10/s1. The monoisotopic (exact) mass is 580 g/mol. The van der Waals surface area contributed by atoms with Crippen molar-refractivity contribution >= 4 is 11.6 Å². The minimum Gasteiger partial charge on any atom is -0.393 e. The Morgan fingerprint density at radius 1 is 0.500 bits per heavy atom. The highest BCUT2D eigenvalue weighted by molar-refractivity contribution is 5.87. The van der Waals surface area contributed by atoms with E-state index in [2.05, 4.69) is 27.7 Å². The van der Waals surface area contributed by atoms with Crippen molar-refractivity contribution in [1.82, 2.24) is 0 Å².